The lowest BCUT2D eigenvalue weighted by molar-refractivity contribution is 0.620. The molecular weight excluding hydrogens is 993 g/mol. The second-order valence-electron chi connectivity index (χ2n) is 20.3. The molecule has 0 saturated heterocycles. The Morgan fingerprint density at radius 1 is 0.263 bits per heavy atom. The summed E-state index contributed by atoms with van der Waals surface area (Å²) < 4.78 is 7.35. The molecular formula is C74H48N4OS. The lowest BCUT2D eigenvalue weighted by atomic mass is 9.99. The van der Waals surface area contributed by atoms with Gasteiger partial charge >= 0.3 is 0 Å². The topological polar surface area (TPSA) is 45.4 Å². The molecule has 0 amide bonds. The van der Waals surface area contributed by atoms with Gasteiger partial charge in [0.15, 0.2) is 5.58 Å². The molecule has 376 valence electrons. The highest BCUT2D eigenvalue weighted by Gasteiger charge is 2.18. The zero-order valence-corrected chi connectivity index (χ0v) is 44.1. The Kier molecular flexibility index (Phi) is 11.6. The summed E-state index contributed by atoms with van der Waals surface area (Å²) in [5.41, 5.74) is 18.3. The molecule has 2 heterocycles. The Morgan fingerprint density at radius 3 is 1.15 bits per heavy atom. The number of fused-ring (bicyclic) bond motifs is 5. The van der Waals surface area contributed by atoms with Crippen molar-refractivity contribution in [2.75, 3.05) is 9.80 Å². The first-order valence-electron chi connectivity index (χ1n) is 26.9. The van der Waals surface area contributed by atoms with E-state index in [1.54, 1.807) is 11.3 Å². The maximum atomic E-state index is 6.15. The molecule has 2 aromatic heterocycles. The van der Waals surface area contributed by atoms with Gasteiger partial charge in [-0.3, -0.25) is 0 Å². The zero-order chi connectivity index (χ0) is 52.9. The number of hydrogen-bond acceptors (Lipinski definition) is 6. The Bertz CT molecular complexity index is 4700. The first-order chi connectivity index (χ1) is 39.6. The molecule has 0 aliphatic carbocycles. The molecule has 15 rings (SSSR count). The molecule has 0 bridgehead atoms. The molecule has 80 heavy (non-hydrogen) atoms. The van der Waals surface area contributed by atoms with Crippen molar-refractivity contribution in [1.29, 1.82) is 0 Å². The number of anilines is 6. The van der Waals surface area contributed by atoms with Gasteiger partial charge in [-0.15, -0.1) is 11.3 Å². The van der Waals surface area contributed by atoms with Crippen LogP contribution in [-0.2, 0) is 0 Å². The summed E-state index contributed by atoms with van der Waals surface area (Å²) in [5.74, 6) is 0.620. The predicted molar refractivity (Wildman–Crippen MR) is 336 cm³/mol. The normalized spacial score (nSPS) is 11.5. The molecule has 0 saturated carbocycles. The highest BCUT2D eigenvalue weighted by molar-refractivity contribution is 7.21. The van der Waals surface area contributed by atoms with Crippen molar-refractivity contribution >= 4 is 99.1 Å². The largest absolute Gasteiger partial charge is 0.436 e. The van der Waals surface area contributed by atoms with Gasteiger partial charge < -0.3 is 14.2 Å². The highest BCUT2D eigenvalue weighted by Crippen LogP contribution is 2.42. The molecule has 15 aromatic rings. The minimum atomic E-state index is 0.620. The Balaban J connectivity index is 0.752. The van der Waals surface area contributed by atoms with Crippen molar-refractivity contribution in [1.82, 2.24) is 9.97 Å². The Labute approximate surface area is 467 Å². The number of hydrogen-bond donors (Lipinski definition) is 0. The summed E-state index contributed by atoms with van der Waals surface area (Å²) in [6.07, 6.45) is 0. The number of thiazole rings is 1. The summed E-state index contributed by atoms with van der Waals surface area (Å²) in [6, 6.07) is 104. The third-order valence-corrected chi connectivity index (χ3v) is 16.3. The van der Waals surface area contributed by atoms with Crippen LogP contribution in [0.2, 0.25) is 0 Å². The van der Waals surface area contributed by atoms with E-state index in [0.717, 1.165) is 94.2 Å². The van der Waals surface area contributed by atoms with Crippen molar-refractivity contribution in [3.63, 3.8) is 0 Å². The summed E-state index contributed by atoms with van der Waals surface area (Å²) in [5, 5.41) is 7.95. The van der Waals surface area contributed by atoms with E-state index in [0.29, 0.717) is 5.89 Å². The fourth-order valence-electron chi connectivity index (χ4n) is 11.1. The minimum absolute atomic E-state index is 0.620. The van der Waals surface area contributed by atoms with Crippen molar-refractivity contribution in [3.8, 4) is 55.4 Å². The third kappa shape index (κ3) is 8.90. The number of aromatic nitrogens is 2. The molecule has 0 atom stereocenters. The van der Waals surface area contributed by atoms with Crippen LogP contribution in [0.25, 0.3) is 109 Å². The van der Waals surface area contributed by atoms with Gasteiger partial charge in [-0.2, -0.15) is 0 Å². The zero-order valence-electron chi connectivity index (χ0n) is 43.3. The molecule has 5 nitrogen and oxygen atoms in total. The fourth-order valence-corrected chi connectivity index (χ4v) is 12.1. The number of oxazole rings is 1. The first-order valence-corrected chi connectivity index (χ1v) is 27.7. The highest BCUT2D eigenvalue weighted by atomic mass is 32.1. The summed E-state index contributed by atoms with van der Waals surface area (Å²) in [4.78, 5) is 14.4. The minimum Gasteiger partial charge on any atom is -0.436 e. The van der Waals surface area contributed by atoms with Crippen molar-refractivity contribution in [2.24, 2.45) is 0 Å². The van der Waals surface area contributed by atoms with Gasteiger partial charge in [-0.05, 0) is 187 Å². The summed E-state index contributed by atoms with van der Waals surface area (Å²) >= 11 is 1.74. The quantitative estimate of drug-likeness (QED) is 0.129. The average Bonchev–Trinajstić information content (AvgIpc) is 4.22. The lowest BCUT2D eigenvalue weighted by Gasteiger charge is -2.27. The second kappa shape index (κ2) is 19.9. The van der Waals surface area contributed by atoms with Gasteiger partial charge in [0.05, 0.1) is 10.2 Å². The Morgan fingerprint density at radius 2 is 0.625 bits per heavy atom. The van der Waals surface area contributed by atoms with E-state index in [1.807, 2.05) is 30.3 Å². The van der Waals surface area contributed by atoms with Crippen molar-refractivity contribution < 1.29 is 4.42 Å². The van der Waals surface area contributed by atoms with E-state index in [4.69, 9.17) is 14.4 Å². The van der Waals surface area contributed by atoms with Gasteiger partial charge in [0, 0.05) is 45.3 Å². The summed E-state index contributed by atoms with van der Waals surface area (Å²) in [7, 11) is 0. The molecule has 0 N–H and O–H groups in total. The number of para-hydroxylation sites is 3. The van der Waals surface area contributed by atoms with Crippen LogP contribution in [0.1, 0.15) is 0 Å². The number of benzene rings is 13. The third-order valence-electron chi connectivity index (χ3n) is 15.3. The fraction of sp³-hybridized carbons (Fsp3) is 0. The molecule has 0 fully saturated rings. The molecule has 0 radical (unpaired) electrons. The van der Waals surface area contributed by atoms with Crippen molar-refractivity contribution in [2.45, 2.75) is 0 Å². The van der Waals surface area contributed by atoms with Crippen LogP contribution in [-0.4, -0.2) is 9.97 Å². The maximum absolute atomic E-state index is 6.15. The standard InChI is InChI=1S/C74H48N4OS/c1-3-11-49(12-4-1)51-25-34-63(35-26-51)77(66-40-33-57-45-62(24-22-60(57)46-66)74-76-70-16-8-10-18-72(70)80-74)64-38-29-53(30-39-64)54-19-20-58-47-67(41-31-55(58)43-54)78(65-36-27-52(28-37-65)50-13-5-2-6-14-50)68-42-32-56-44-61(23-21-59(56)48-68)73-75-69-15-7-9-17-71(69)79-73/h1-48H. The van der Waals surface area contributed by atoms with Crippen LogP contribution in [0.4, 0.5) is 34.1 Å². The predicted octanol–water partition coefficient (Wildman–Crippen LogP) is 21.2. The van der Waals surface area contributed by atoms with E-state index in [-0.39, 0.29) is 0 Å². The molecule has 0 aliphatic rings. The molecule has 13 aromatic carbocycles. The van der Waals surface area contributed by atoms with Gasteiger partial charge in [-0.1, -0.05) is 170 Å². The van der Waals surface area contributed by atoms with Gasteiger partial charge in [0.25, 0.3) is 0 Å². The van der Waals surface area contributed by atoms with Crippen molar-refractivity contribution in [3.05, 3.63) is 291 Å². The van der Waals surface area contributed by atoms with Crippen LogP contribution in [0.15, 0.2) is 296 Å². The second-order valence-corrected chi connectivity index (χ2v) is 21.3. The number of nitrogens with zero attached hydrogens (tertiary/aromatic N) is 4. The molecule has 6 heteroatoms. The smallest absolute Gasteiger partial charge is 0.227 e. The number of rotatable bonds is 11. The SMILES string of the molecule is c1ccc(-c2ccc(N(c3ccc4cc(-c5ccc(N(c6ccc(-c7ccccc7)cc6)c6ccc7cc(-c8nc9ccccc9s8)ccc7c6)cc5)ccc4c3)c3ccc4cc(-c5nc6ccccc6o5)ccc4c3)cc2)cc1. The average molecular weight is 1040 g/mol. The van der Waals surface area contributed by atoms with Crippen LogP contribution in [0, 0.1) is 0 Å². The van der Waals surface area contributed by atoms with E-state index in [2.05, 4.69) is 271 Å². The Hall–Kier alpha value is -10.4. The monoisotopic (exact) mass is 1040 g/mol. The van der Waals surface area contributed by atoms with Crippen LogP contribution in [0.3, 0.4) is 0 Å². The maximum Gasteiger partial charge on any atom is 0.227 e. The first kappa shape index (κ1) is 46.9. The van der Waals surface area contributed by atoms with Gasteiger partial charge in [0.1, 0.15) is 10.5 Å². The van der Waals surface area contributed by atoms with Gasteiger partial charge in [0.2, 0.25) is 5.89 Å². The van der Waals surface area contributed by atoms with E-state index in [1.165, 1.54) is 43.1 Å². The lowest BCUT2D eigenvalue weighted by Crippen LogP contribution is -2.10. The molecule has 0 spiro atoms. The van der Waals surface area contributed by atoms with E-state index < -0.39 is 0 Å². The summed E-state index contributed by atoms with van der Waals surface area (Å²) in [6.45, 7) is 0. The molecule has 0 aliphatic heterocycles. The van der Waals surface area contributed by atoms with Gasteiger partial charge in [-0.25, -0.2) is 9.97 Å². The van der Waals surface area contributed by atoms with Crippen LogP contribution >= 0.6 is 11.3 Å². The van der Waals surface area contributed by atoms with Crippen LogP contribution < -0.4 is 9.80 Å². The molecule has 0 unspecified atom stereocenters. The van der Waals surface area contributed by atoms with Crippen LogP contribution in [0.5, 0.6) is 0 Å². The van der Waals surface area contributed by atoms with E-state index in [9.17, 15) is 0 Å². The van der Waals surface area contributed by atoms with E-state index >= 15 is 0 Å².